The molecule has 1 aliphatic carbocycles. The van der Waals surface area contributed by atoms with E-state index in [9.17, 15) is 9.59 Å². The predicted molar refractivity (Wildman–Crippen MR) is 111 cm³/mol. The van der Waals surface area contributed by atoms with Crippen molar-refractivity contribution in [1.82, 2.24) is 15.2 Å². The summed E-state index contributed by atoms with van der Waals surface area (Å²) in [7, 11) is 0. The van der Waals surface area contributed by atoms with Crippen LogP contribution in [0.3, 0.4) is 0 Å². The van der Waals surface area contributed by atoms with Gasteiger partial charge < -0.3 is 10.2 Å². The molecule has 1 saturated heterocycles. The minimum atomic E-state index is 0.127. The topological polar surface area (TPSA) is 62.3 Å². The van der Waals surface area contributed by atoms with Gasteiger partial charge in [0.2, 0.25) is 5.91 Å². The van der Waals surface area contributed by atoms with E-state index in [0.29, 0.717) is 12.5 Å². The van der Waals surface area contributed by atoms with Crippen molar-refractivity contribution >= 4 is 23.2 Å². The van der Waals surface area contributed by atoms with Crippen LogP contribution in [0.15, 0.2) is 29.6 Å². The van der Waals surface area contributed by atoms with Crippen molar-refractivity contribution < 1.29 is 9.59 Å². The Morgan fingerprint density at radius 1 is 1.25 bits per heavy atom. The molecule has 1 atom stereocenters. The third-order valence-electron chi connectivity index (χ3n) is 5.63. The number of amides is 2. The predicted octanol–water partition coefficient (Wildman–Crippen LogP) is 3.54. The number of hydrogen-bond acceptors (Lipinski definition) is 4. The average Bonchev–Trinajstić information content (AvgIpc) is 3.47. The number of piperidine rings is 1. The summed E-state index contributed by atoms with van der Waals surface area (Å²) in [4.78, 5) is 31.4. The molecule has 2 amide bonds. The summed E-state index contributed by atoms with van der Waals surface area (Å²) in [6.45, 7) is 4.19. The molecule has 2 aromatic rings. The standard InChI is InChI=1S/C22H27N3O2S/c1-15-5-2-3-7-19(15)22(27)25-12-4-6-17(13-25)21-24-18(14-28-21)10-11-23-20(26)16-8-9-16/h2-3,5,7,14,16-17H,4,6,8-13H2,1H3,(H,23,26)/t17-/m0/s1. The molecular formula is C22H27N3O2S. The molecule has 1 N–H and O–H groups in total. The summed E-state index contributed by atoms with van der Waals surface area (Å²) >= 11 is 1.68. The molecule has 2 fully saturated rings. The van der Waals surface area contributed by atoms with Gasteiger partial charge in [-0.25, -0.2) is 4.98 Å². The molecule has 0 spiro atoms. The maximum Gasteiger partial charge on any atom is 0.254 e. The first kappa shape index (κ1) is 19.1. The van der Waals surface area contributed by atoms with Gasteiger partial charge in [0, 0.05) is 48.8 Å². The maximum atomic E-state index is 12.9. The van der Waals surface area contributed by atoms with E-state index in [1.165, 1.54) is 0 Å². The van der Waals surface area contributed by atoms with Gasteiger partial charge in [-0.05, 0) is 44.2 Å². The summed E-state index contributed by atoms with van der Waals surface area (Å²) in [6, 6.07) is 7.80. The molecule has 1 aromatic carbocycles. The van der Waals surface area contributed by atoms with Gasteiger partial charge in [-0.1, -0.05) is 18.2 Å². The van der Waals surface area contributed by atoms with Crippen LogP contribution in [-0.2, 0) is 11.2 Å². The number of nitrogens with one attached hydrogen (secondary N) is 1. The number of benzene rings is 1. The van der Waals surface area contributed by atoms with Crippen LogP contribution >= 0.6 is 11.3 Å². The van der Waals surface area contributed by atoms with Gasteiger partial charge in [0.25, 0.3) is 5.91 Å². The molecule has 2 heterocycles. The van der Waals surface area contributed by atoms with Gasteiger partial charge in [-0.15, -0.1) is 11.3 Å². The molecule has 148 valence electrons. The van der Waals surface area contributed by atoms with E-state index in [1.54, 1.807) is 11.3 Å². The van der Waals surface area contributed by atoms with Crippen LogP contribution in [0, 0.1) is 12.8 Å². The normalized spacial score (nSPS) is 19.5. The number of aromatic nitrogens is 1. The summed E-state index contributed by atoms with van der Waals surface area (Å²) in [5.74, 6) is 0.877. The highest BCUT2D eigenvalue weighted by molar-refractivity contribution is 7.09. The zero-order valence-electron chi connectivity index (χ0n) is 16.3. The van der Waals surface area contributed by atoms with Gasteiger partial charge >= 0.3 is 0 Å². The van der Waals surface area contributed by atoms with Crippen molar-refractivity contribution in [3.05, 3.63) is 51.5 Å². The van der Waals surface area contributed by atoms with Crippen molar-refractivity contribution in [2.24, 2.45) is 5.92 Å². The summed E-state index contributed by atoms with van der Waals surface area (Å²) in [6.07, 6.45) is 4.92. The summed E-state index contributed by atoms with van der Waals surface area (Å²) in [5.41, 5.74) is 2.87. The molecule has 1 aromatic heterocycles. The minimum absolute atomic E-state index is 0.127. The van der Waals surface area contributed by atoms with Crippen LogP contribution in [0.25, 0.3) is 0 Å². The first-order valence-electron chi connectivity index (χ1n) is 10.2. The number of rotatable bonds is 6. The van der Waals surface area contributed by atoms with Crippen LogP contribution in [-0.4, -0.2) is 41.3 Å². The second-order valence-electron chi connectivity index (χ2n) is 7.90. The largest absolute Gasteiger partial charge is 0.355 e. The van der Waals surface area contributed by atoms with Crippen molar-refractivity contribution in [3.8, 4) is 0 Å². The van der Waals surface area contributed by atoms with E-state index in [4.69, 9.17) is 4.98 Å². The van der Waals surface area contributed by atoms with Crippen molar-refractivity contribution in [2.75, 3.05) is 19.6 Å². The van der Waals surface area contributed by atoms with Crippen LogP contribution < -0.4 is 5.32 Å². The SMILES string of the molecule is Cc1ccccc1C(=O)N1CCC[C@H](c2nc(CCNC(=O)C3CC3)cs2)C1. The van der Waals surface area contributed by atoms with Gasteiger partial charge in [-0.2, -0.15) is 0 Å². The lowest BCUT2D eigenvalue weighted by Gasteiger charge is -2.32. The molecule has 4 rings (SSSR count). The summed E-state index contributed by atoms with van der Waals surface area (Å²) in [5, 5.41) is 6.21. The monoisotopic (exact) mass is 397 g/mol. The zero-order valence-corrected chi connectivity index (χ0v) is 17.1. The Kier molecular flexibility index (Phi) is 5.76. The second kappa shape index (κ2) is 8.43. The molecule has 0 unspecified atom stereocenters. The van der Waals surface area contributed by atoms with E-state index in [1.807, 2.05) is 36.1 Å². The smallest absolute Gasteiger partial charge is 0.254 e. The number of thiazole rings is 1. The number of hydrogen-bond donors (Lipinski definition) is 1. The van der Waals surface area contributed by atoms with Crippen LogP contribution in [0.4, 0.5) is 0 Å². The quantitative estimate of drug-likeness (QED) is 0.811. The van der Waals surface area contributed by atoms with E-state index < -0.39 is 0 Å². The molecule has 1 saturated carbocycles. The van der Waals surface area contributed by atoms with E-state index in [2.05, 4.69) is 10.7 Å². The Hall–Kier alpha value is -2.21. The Morgan fingerprint density at radius 2 is 2.07 bits per heavy atom. The third kappa shape index (κ3) is 4.43. The van der Waals surface area contributed by atoms with E-state index in [0.717, 1.165) is 67.0 Å². The van der Waals surface area contributed by atoms with Crippen LogP contribution in [0.1, 0.15) is 58.2 Å². The van der Waals surface area contributed by atoms with Gasteiger partial charge in [-0.3, -0.25) is 9.59 Å². The summed E-state index contributed by atoms with van der Waals surface area (Å²) < 4.78 is 0. The molecule has 0 bridgehead atoms. The molecule has 0 radical (unpaired) electrons. The lowest BCUT2D eigenvalue weighted by molar-refractivity contribution is -0.122. The fourth-order valence-corrected chi connectivity index (χ4v) is 4.76. The number of carbonyl (C=O) groups excluding carboxylic acids is 2. The van der Waals surface area contributed by atoms with E-state index >= 15 is 0 Å². The number of likely N-dealkylation sites (tertiary alicyclic amines) is 1. The fraction of sp³-hybridized carbons (Fsp3) is 0.500. The van der Waals surface area contributed by atoms with Crippen LogP contribution in [0.5, 0.6) is 0 Å². The first-order chi connectivity index (χ1) is 13.6. The van der Waals surface area contributed by atoms with Gasteiger partial charge in [0.05, 0.1) is 10.7 Å². The lowest BCUT2D eigenvalue weighted by atomic mass is 9.97. The number of carbonyl (C=O) groups is 2. The number of aryl methyl sites for hydroxylation is 1. The highest BCUT2D eigenvalue weighted by atomic mass is 32.1. The van der Waals surface area contributed by atoms with Crippen molar-refractivity contribution in [3.63, 3.8) is 0 Å². The van der Waals surface area contributed by atoms with Gasteiger partial charge in [0.1, 0.15) is 0 Å². The van der Waals surface area contributed by atoms with Crippen molar-refractivity contribution in [2.45, 2.75) is 44.9 Å². The van der Waals surface area contributed by atoms with Crippen LogP contribution in [0.2, 0.25) is 0 Å². The Bertz CT molecular complexity index is 859. The molecule has 6 heteroatoms. The average molecular weight is 398 g/mol. The zero-order chi connectivity index (χ0) is 19.5. The van der Waals surface area contributed by atoms with E-state index in [-0.39, 0.29) is 17.7 Å². The lowest BCUT2D eigenvalue weighted by Crippen LogP contribution is -2.39. The second-order valence-corrected chi connectivity index (χ2v) is 8.79. The Morgan fingerprint density at radius 3 is 2.86 bits per heavy atom. The fourth-order valence-electron chi connectivity index (χ4n) is 3.77. The molecular weight excluding hydrogens is 370 g/mol. The molecule has 2 aliphatic rings. The maximum absolute atomic E-state index is 12.9. The molecule has 1 aliphatic heterocycles. The van der Waals surface area contributed by atoms with Crippen molar-refractivity contribution in [1.29, 1.82) is 0 Å². The third-order valence-corrected chi connectivity index (χ3v) is 6.69. The molecule has 28 heavy (non-hydrogen) atoms. The Labute approximate surface area is 170 Å². The minimum Gasteiger partial charge on any atom is -0.355 e. The Balaban J connectivity index is 1.34. The number of nitrogens with zero attached hydrogens (tertiary/aromatic N) is 2. The first-order valence-corrected chi connectivity index (χ1v) is 11.1. The highest BCUT2D eigenvalue weighted by Crippen LogP contribution is 2.31. The highest BCUT2D eigenvalue weighted by Gasteiger charge is 2.29. The molecule has 5 nitrogen and oxygen atoms in total. The van der Waals surface area contributed by atoms with Gasteiger partial charge in [0.15, 0.2) is 0 Å².